The Bertz CT molecular complexity index is 599. The highest BCUT2D eigenvalue weighted by molar-refractivity contribution is 6.19. The van der Waals surface area contributed by atoms with E-state index in [9.17, 15) is 4.79 Å². The van der Waals surface area contributed by atoms with E-state index in [-0.39, 0.29) is 5.91 Å². The van der Waals surface area contributed by atoms with E-state index in [1.165, 1.54) is 0 Å². The van der Waals surface area contributed by atoms with Crippen molar-refractivity contribution in [3.63, 3.8) is 0 Å². The van der Waals surface area contributed by atoms with Gasteiger partial charge in [0.1, 0.15) is 0 Å². The van der Waals surface area contributed by atoms with Crippen molar-refractivity contribution in [2.24, 2.45) is 4.99 Å². The molecule has 0 spiro atoms. The summed E-state index contributed by atoms with van der Waals surface area (Å²) in [5, 5.41) is 0. The quantitative estimate of drug-likeness (QED) is 0.727. The molecular formula is C15H11NO. The number of nitrogens with zero attached hydrogens (tertiary/aromatic N) is 1. The molecule has 1 amide bonds. The monoisotopic (exact) mass is 221 g/mol. The van der Waals surface area contributed by atoms with Crippen LogP contribution in [0.2, 0.25) is 0 Å². The number of fused-ring (bicyclic) bond motifs is 1. The lowest BCUT2D eigenvalue weighted by molar-refractivity contribution is -0.117. The summed E-state index contributed by atoms with van der Waals surface area (Å²) in [6, 6.07) is 17.8. The molecule has 0 N–H and O–H groups in total. The molecule has 0 unspecified atom stereocenters. The van der Waals surface area contributed by atoms with Crippen LogP contribution in [0.15, 0.2) is 59.6 Å². The molecule has 2 aromatic rings. The van der Waals surface area contributed by atoms with E-state index in [0.29, 0.717) is 6.42 Å². The second-order valence-electron chi connectivity index (χ2n) is 4.05. The lowest BCUT2D eigenvalue weighted by Crippen LogP contribution is -2.17. The van der Waals surface area contributed by atoms with Crippen LogP contribution < -0.4 is 0 Å². The maximum atomic E-state index is 11.6. The van der Waals surface area contributed by atoms with Crippen molar-refractivity contribution < 1.29 is 4.79 Å². The molecule has 0 atom stereocenters. The van der Waals surface area contributed by atoms with Crippen LogP contribution >= 0.6 is 0 Å². The van der Waals surface area contributed by atoms with Gasteiger partial charge in [0.2, 0.25) is 0 Å². The predicted molar refractivity (Wildman–Crippen MR) is 67.2 cm³/mol. The molecule has 17 heavy (non-hydrogen) atoms. The number of hydrogen-bond acceptors (Lipinski definition) is 1. The van der Waals surface area contributed by atoms with Crippen molar-refractivity contribution in [1.82, 2.24) is 0 Å². The van der Waals surface area contributed by atoms with Crippen LogP contribution in [0.5, 0.6) is 0 Å². The van der Waals surface area contributed by atoms with Crippen LogP contribution in [0.1, 0.15) is 16.7 Å². The third-order valence-electron chi connectivity index (χ3n) is 2.90. The van der Waals surface area contributed by atoms with Crippen LogP contribution in [0, 0.1) is 0 Å². The van der Waals surface area contributed by atoms with Gasteiger partial charge < -0.3 is 0 Å². The highest BCUT2D eigenvalue weighted by Gasteiger charge is 2.19. The van der Waals surface area contributed by atoms with Crippen LogP contribution in [0.4, 0.5) is 0 Å². The lowest BCUT2D eigenvalue weighted by atomic mass is 9.93. The summed E-state index contributed by atoms with van der Waals surface area (Å²) in [6.07, 6.45) is 0.409. The van der Waals surface area contributed by atoms with E-state index in [4.69, 9.17) is 0 Å². The van der Waals surface area contributed by atoms with E-state index >= 15 is 0 Å². The summed E-state index contributed by atoms with van der Waals surface area (Å²) >= 11 is 0. The van der Waals surface area contributed by atoms with Gasteiger partial charge in [0.15, 0.2) is 0 Å². The summed E-state index contributed by atoms with van der Waals surface area (Å²) in [6.45, 7) is 0. The molecule has 0 saturated heterocycles. The summed E-state index contributed by atoms with van der Waals surface area (Å²) in [7, 11) is 0. The molecule has 0 saturated carbocycles. The molecule has 2 heteroatoms. The van der Waals surface area contributed by atoms with E-state index in [2.05, 4.69) is 4.99 Å². The Labute approximate surface area is 99.6 Å². The number of carbonyl (C=O) groups is 1. The zero-order valence-electron chi connectivity index (χ0n) is 9.26. The maximum absolute atomic E-state index is 11.6. The molecule has 3 rings (SSSR count). The van der Waals surface area contributed by atoms with Gasteiger partial charge in [-0.25, -0.2) is 4.99 Å². The van der Waals surface area contributed by atoms with Gasteiger partial charge in [0.25, 0.3) is 5.91 Å². The molecule has 2 aromatic carbocycles. The van der Waals surface area contributed by atoms with Crippen LogP contribution in [0.25, 0.3) is 0 Å². The Hall–Kier alpha value is -2.22. The molecule has 1 aliphatic rings. The van der Waals surface area contributed by atoms with Crippen LogP contribution in [0.3, 0.4) is 0 Å². The standard InChI is InChI=1S/C15H11NO/c17-14-10-12-8-4-5-9-13(12)15(16-14)11-6-2-1-3-7-11/h1-9H,10H2. The van der Waals surface area contributed by atoms with Gasteiger partial charge in [-0.3, -0.25) is 4.79 Å². The van der Waals surface area contributed by atoms with Crippen molar-refractivity contribution in [2.75, 3.05) is 0 Å². The first kappa shape index (κ1) is 9.97. The van der Waals surface area contributed by atoms with Gasteiger partial charge >= 0.3 is 0 Å². The smallest absolute Gasteiger partial charge is 0.250 e. The minimum absolute atomic E-state index is 0.0671. The zero-order chi connectivity index (χ0) is 11.7. The van der Waals surface area contributed by atoms with E-state index < -0.39 is 0 Å². The molecule has 0 aliphatic carbocycles. The second-order valence-corrected chi connectivity index (χ2v) is 4.05. The van der Waals surface area contributed by atoms with Crippen molar-refractivity contribution in [1.29, 1.82) is 0 Å². The third kappa shape index (κ3) is 1.78. The summed E-state index contributed by atoms with van der Waals surface area (Å²) in [5.41, 5.74) is 3.91. The number of carbonyl (C=O) groups excluding carboxylic acids is 1. The molecule has 0 fully saturated rings. The van der Waals surface area contributed by atoms with E-state index in [1.54, 1.807) is 0 Å². The molecule has 82 valence electrons. The highest BCUT2D eigenvalue weighted by atomic mass is 16.1. The molecule has 0 bridgehead atoms. The molecule has 0 aromatic heterocycles. The average molecular weight is 221 g/mol. The first-order valence-corrected chi connectivity index (χ1v) is 5.60. The Kier molecular flexibility index (Phi) is 2.33. The SMILES string of the molecule is O=C1Cc2ccccc2C(c2ccccc2)=N1. The van der Waals surface area contributed by atoms with Crippen molar-refractivity contribution in [3.8, 4) is 0 Å². The largest absolute Gasteiger partial charge is 0.272 e. The maximum Gasteiger partial charge on any atom is 0.250 e. The fraction of sp³-hybridized carbons (Fsp3) is 0.0667. The second kappa shape index (κ2) is 3.98. The van der Waals surface area contributed by atoms with Gasteiger partial charge in [0, 0.05) is 11.1 Å². The summed E-state index contributed by atoms with van der Waals surface area (Å²) in [4.78, 5) is 15.8. The Morgan fingerprint density at radius 1 is 0.882 bits per heavy atom. The minimum Gasteiger partial charge on any atom is -0.272 e. The fourth-order valence-electron chi connectivity index (χ4n) is 2.11. The lowest BCUT2D eigenvalue weighted by Gasteiger charge is -2.15. The summed E-state index contributed by atoms with van der Waals surface area (Å²) < 4.78 is 0. The normalized spacial score (nSPS) is 14.1. The fourth-order valence-corrected chi connectivity index (χ4v) is 2.11. The third-order valence-corrected chi connectivity index (χ3v) is 2.90. The topological polar surface area (TPSA) is 29.4 Å². The summed E-state index contributed by atoms with van der Waals surface area (Å²) in [5.74, 6) is -0.0671. The number of aliphatic imine (C=N–C) groups is 1. The Balaban J connectivity index is 2.19. The predicted octanol–water partition coefficient (Wildman–Crippen LogP) is 2.61. The number of amides is 1. The number of benzene rings is 2. The van der Waals surface area contributed by atoms with Gasteiger partial charge in [-0.2, -0.15) is 0 Å². The van der Waals surface area contributed by atoms with Crippen molar-refractivity contribution >= 4 is 11.6 Å². The minimum atomic E-state index is -0.0671. The van der Waals surface area contributed by atoms with Crippen molar-refractivity contribution in [3.05, 3.63) is 71.3 Å². The average Bonchev–Trinajstić information content (AvgIpc) is 2.39. The van der Waals surface area contributed by atoms with E-state index in [1.807, 2.05) is 54.6 Å². The number of hydrogen-bond donors (Lipinski definition) is 0. The van der Waals surface area contributed by atoms with E-state index in [0.717, 1.165) is 22.4 Å². The van der Waals surface area contributed by atoms with Gasteiger partial charge in [-0.1, -0.05) is 54.6 Å². The first-order chi connectivity index (χ1) is 8.34. The van der Waals surface area contributed by atoms with Crippen LogP contribution in [-0.4, -0.2) is 11.6 Å². The highest BCUT2D eigenvalue weighted by Crippen LogP contribution is 2.20. The molecule has 1 aliphatic heterocycles. The van der Waals surface area contributed by atoms with Crippen molar-refractivity contribution in [2.45, 2.75) is 6.42 Å². The molecule has 2 nitrogen and oxygen atoms in total. The first-order valence-electron chi connectivity index (χ1n) is 5.60. The zero-order valence-corrected chi connectivity index (χ0v) is 9.26. The van der Waals surface area contributed by atoms with Gasteiger partial charge in [-0.05, 0) is 5.56 Å². The molecule has 1 heterocycles. The number of rotatable bonds is 1. The van der Waals surface area contributed by atoms with Crippen LogP contribution in [-0.2, 0) is 11.2 Å². The Morgan fingerprint density at radius 2 is 1.59 bits per heavy atom. The van der Waals surface area contributed by atoms with Gasteiger partial charge in [-0.15, -0.1) is 0 Å². The van der Waals surface area contributed by atoms with Gasteiger partial charge in [0.05, 0.1) is 12.1 Å². The molecule has 0 radical (unpaired) electrons. The molecular weight excluding hydrogens is 210 g/mol. The Morgan fingerprint density at radius 3 is 2.41 bits per heavy atom.